The molecule has 0 unspecified atom stereocenters. The van der Waals surface area contributed by atoms with Crippen molar-refractivity contribution in [2.24, 2.45) is 0 Å². The van der Waals surface area contributed by atoms with Gasteiger partial charge >= 0.3 is 0 Å². The van der Waals surface area contributed by atoms with Crippen LogP contribution < -0.4 is 5.32 Å². The largest absolute Gasteiger partial charge is 0.381 e. The van der Waals surface area contributed by atoms with Crippen molar-refractivity contribution in [3.63, 3.8) is 0 Å². The molecule has 1 N–H and O–H groups in total. The number of nitrogens with one attached hydrogen (secondary N) is 1. The van der Waals surface area contributed by atoms with Gasteiger partial charge in [-0.15, -0.1) is 0 Å². The topological polar surface area (TPSA) is 24.9 Å². The minimum Gasteiger partial charge on any atom is -0.381 e. The monoisotopic (exact) mass is 135 g/mol. The maximum absolute atomic E-state index is 3.85. The van der Waals surface area contributed by atoms with Crippen LogP contribution in [0, 0.1) is 6.20 Å². The molecule has 1 aromatic rings. The number of nitrogens with zero attached hydrogens (tertiary/aromatic N) is 1. The second-order valence-electron chi connectivity index (χ2n) is 2.46. The molecule has 0 saturated heterocycles. The molecule has 1 rings (SSSR count). The van der Waals surface area contributed by atoms with Gasteiger partial charge < -0.3 is 5.32 Å². The lowest BCUT2D eigenvalue weighted by Gasteiger charge is -2.07. The minimum atomic E-state index is 0.445. The summed E-state index contributed by atoms with van der Waals surface area (Å²) in [6, 6.07) is 4.29. The predicted molar refractivity (Wildman–Crippen MR) is 41.8 cm³/mol. The second-order valence-corrected chi connectivity index (χ2v) is 2.46. The van der Waals surface area contributed by atoms with Crippen LogP contribution in [0.5, 0.6) is 0 Å². The van der Waals surface area contributed by atoms with Crippen LogP contribution in [0.15, 0.2) is 18.3 Å². The molecule has 0 atom stereocenters. The van der Waals surface area contributed by atoms with Crippen LogP contribution in [-0.2, 0) is 0 Å². The summed E-state index contributed by atoms with van der Waals surface area (Å²) in [7, 11) is 0. The molecule has 53 valence electrons. The fraction of sp³-hybridized carbons (Fsp3) is 0.375. The Labute approximate surface area is 61.3 Å². The maximum Gasteiger partial charge on any atom is 0.114 e. The Kier molecular flexibility index (Phi) is 2.26. The van der Waals surface area contributed by atoms with E-state index in [0.717, 1.165) is 5.69 Å². The van der Waals surface area contributed by atoms with E-state index in [1.165, 1.54) is 0 Å². The first-order chi connectivity index (χ1) is 4.79. The molecule has 1 radical (unpaired) electrons. The molecule has 0 bridgehead atoms. The van der Waals surface area contributed by atoms with Gasteiger partial charge in [0, 0.05) is 12.2 Å². The van der Waals surface area contributed by atoms with Gasteiger partial charge in [0.2, 0.25) is 0 Å². The number of pyridine rings is 1. The van der Waals surface area contributed by atoms with Gasteiger partial charge in [-0.3, -0.25) is 4.98 Å². The van der Waals surface area contributed by atoms with Crippen LogP contribution in [0.3, 0.4) is 0 Å². The van der Waals surface area contributed by atoms with Gasteiger partial charge in [0.05, 0.1) is 5.69 Å². The van der Waals surface area contributed by atoms with Gasteiger partial charge in [0.1, 0.15) is 6.20 Å². The summed E-state index contributed by atoms with van der Waals surface area (Å²) in [6.45, 7) is 4.17. The van der Waals surface area contributed by atoms with Crippen LogP contribution in [0.2, 0.25) is 0 Å². The van der Waals surface area contributed by atoms with Gasteiger partial charge in [-0.25, -0.2) is 0 Å². The van der Waals surface area contributed by atoms with Crippen molar-refractivity contribution in [3.8, 4) is 0 Å². The van der Waals surface area contributed by atoms with Crippen molar-refractivity contribution in [1.82, 2.24) is 4.98 Å². The molecular weight excluding hydrogens is 124 g/mol. The first kappa shape index (κ1) is 7.06. The van der Waals surface area contributed by atoms with Gasteiger partial charge in [0.15, 0.2) is 0 Å². The average molecular weight is 135 g/mol. The summed E-state index contributed by atoms with van der Waals surface area (Å²) < 4.78 is 0. The van der Waals surface area contributed by atoms with E-state index in [4.69, 9.17) is 0 Å². The molecule has 0 aliphatic carbocycles. The summed E-state index contributed by atoms with van der Waals surface area (Å²) in [5.41, 5.74) is 0.956. The van der Waals surface area contributed by atoms with E-state index in [0.29, 0.717) is 6.04 Å². The van der Waals surface area contributed by atoms with E-state index < -0.39 is 0 Å². The highest BCUT2D eigenvalue weighted by Crippen LogP contribution is 2.02. The SMILES string of the molecule is CC(C)Nc1[c]nccc1. The smallest absolute Gasteiger partial charge is 0.114 e. The lowest BCUT2D eigenvalue weighted by molar-refractivity contribution is 0.897. The molecule has 0 aliphatic rings. The highest BCUT2D eigenvalue weighted by Gasteiger charge is 1.92. The summed E-state index contributed by atoms with van der Waals surface area (Å²) in [5.74, 6) is 0. The second kappa shape index (κ2) is 3.20. The Morgan fingerprint density at radius 3 is 2.90 bits per heavy atom. The molecule has 2 nitrogen and oxygen atoms in total. The van der Waals surface area contributed by atoms with Crippen molar-refractivity contribution >= 4 is 5.69 Å². The Morgan fingerprint density at radius 2 is 2.40 bits per heavy atom. The summed E-state index contributed by atoms with van der Waals surface area (Å²) in [6.07, 6.45) is 4.55. The van der Waals surface area contributed by atoms with Crippen molar-refractivity contribution in [1.29, 1.82) is 0 Å². The van der Waals surface area contributed by atoms with Gasteiger partial charge in [-0.1, -0.05) is 0 Å². The van der Waals surface area contributed by atoms with E-state index >= 15 is 0 Å². The third-order valence-corrected chi connectivity index (χ3v) is 1.05. The average Bonchev–Trinajstić information content (AvgIpc) is 1.88. The Bertz CT molecular complexity index is 182. The molecule has 0 aliphatic heterocycles. The number of anilines is 1. The maximum atomic E-state index is 3.85. The van der Waals surface area contributed by atoms with Crippen molar-refractivity contribution in [2.45, 2.75) is 19.9 Å². The molecule has 0 amide bonds. The van der Waals surface area contributed by atoms with Gasteiger partial charge in [-0.2, -0.15) is 0 Å². The van der Waals surface area contributed by atoms with Gasteiger partial charge in [-0.05, 0) is 26.0 Å². The molecular formula is C8H11N2. The van der Waals surface area contributed by atoms with E-state index in [1.807, 2.05) is 12.1 Å². The zero-order valence-electron chi connectivity index (χ0n) is 6.26. The number of hydrogen-bond acceptors (Lipinski definition) is 2. The summed E-state index contributed by atoms with van der Waals surface area (Å²) in [4.78, 5) is 3.85. The van der Waals surface area contributed by atoms with Gasteiger partial charge in [0.25, 0.3) is 0 Å². The van der Waals surface area contributed by atoms with Crippen molar-refractivity contribution < 1.29 is 0 Å². The Hall–Kier alpha value is -1.05. The van der Waals surface area contributed by atoms with E-state index in [9.17, 15) is 0 Å². The number of rotatable bonds is 2. The highest BCUT2D eigenvalue weighted by atomic mass is 14.9. The van der Waals surface area contributed by atoms with Crippen LogP contribution in [0.1, 0.15) is 13.8 Å². The van der Waals surface area contributed by atoms with E-state index in [2.05, 4.69) is 30.3 Å². The first-order valence-corrected chi connectivity index (χ1v) is 3.38. The third-order valence-electron chi connectivity index (χ3n) is 1.05. The molecule has 0 spiro atoms. The number of hydrogen-bond donors (Lipinski definition) is 1. The number of aromatic nitrogens is 1. The zero-order chi connectivity index (χ0) is 7.40. The predicted octanol–water partition coefficient (Wildman–Crippen LogP) is 1.70. The Morgan fingerprint density at radius 1 is 1.60 bits per heavy atom. The molecule has 0 saturated carbocycles. The lowest BCUT2D eigenvalue weighted by Crippen LogP contribution is -2.09. The van der Waals surface area contributed by atoms with E-state index in [1.54, 1.807) is 6.20 Å². The Balaban J connectivity index is 2.59. The van der Waals surface area contributed by atoms with Crippen LogP contribution in [0.25, 0.3) is 0 Å². The molecule has 0 aromatic carbocycles. The highest BCUT2D eigenvalue weighted by molar-refractivity contribution is 5.39. The molecule has 10 heavy (non-hydrogen) atoms. The van der Waals surface area contributed by atoms with E-state index in [-0.39, 0.29) is 0 Å². The van der Waals surface area contributed by atoms with Crippen LogP contribution in [-0.4, -0.2) is 11.0 Å². The fourth-order valence-electron chi connectivity index (χ4n) is 0.718. The third kappa shape index (κ3) is 2.05. The quantitative estimate of drug-likeness (QED) is 0.667. The van der Waals surface area contributed by atoms with Crippen LogP contribution in [0.4, 0.5) is 5.69 Å². The molecule has 2 heteroatoms. The summed E-state index contributed by atoms with van der Waals surface area (Å²) in [5, 5.41) is 3.19. The van der Waals surface area contributed by atoms with Crippen molar-refractivity contribution in [2.75, 3.05) is 5.32 Å². The lowest BCUT2D eigenvalue weighted by atomic mass is 10.3. The minimum absolute atomic E-state index is 0.445. The molecule has 0 fully saturated rings. The molecule has 1 aromatic heterocycles. The normalized spacial score (nSPS) is 9.90. The fourth-order valence-corrected chi connectivity index (χ4v) is 0.718. The standard InChI is InChI=1S/C8H11N2/c1-7(2)10-8-4-3-5-9-6-8/h3-5,7,10H,1-2H3. The van der Waals surface area contributed by atoms with Crippen molar-refractivity contribution in [3.05, 3.63) is 24.5 Å². The molecule has 1 heterocycles. The first-order valence-electron chi connectivity index (χ1n) is 3.38. The summed E-state index contributed by atoms with van der Waals surface area (Å²) >= 11 is 0. The van der Waals surface area contributed by atoms with Crippen LogP contribution >= 0.6 is 0 Å². The zero-order valence-corrected chi connectivity index (χ0v) is 6.26.